The highest BCUT2D eigenvalue weighted by atomic mass is 32.1. The van der Waals surface area contributed by atoms with E-state index in [0.717, 1.165) is 0 Å². The molecule has 0 N–H and O–H groups in total. The summed E-state index contributed by atoms with van der Waals surface area (Å²) in [5.41, 5.74) is 2.47. The van der Waals surface area contributed by atoms with Crippen LogP contribution >= 0.6 is 12.6 Å². The monoisotopic (exact) mass is 300 g/mol. The maximum atomic E-state index is 4.86. The summed E-state index contributed by atoms with van der Waals surface area (Å²) in [5.74, 6) is 0. The fraction of sp³-hybridized carbons (Fsp3) is 0.0476. The molecule has 0 unspecified atom stereocenters. The highest BCUT2D eigenvalue weighted by Crippen LogP contribution is 2.32. The van der Waals surface area contributed by atoms with Crippen LogP contribution in [0.5, 0.6) is 0 Å². The minimum atomic E-state index is 0.0919. The Balaban J connectivity index is 1.78. The quantitative estimate of drug-likeness (QED) is 0.430. The van der Waals surface area contributed by atoms with Crippen LogP contribution in [0.15, 0.2) is 84.9 Å². The van der Waals surface area contributed by atoms with E-state index in [-0.39, 0.29) is 5.25 Å². The summed E-state index contributed by atoms with van der Waals surface area (Å²) >= 11 is 4.86. The van der Waals surface area contributed by atoms with Gasteiger partial charge in [-0.05, 0) is 44.8 Å². The molecule has 0 spiro atoms. The van der Waals surface area contributed by atoms with E-state index in [0.29, 0.717) is 0 Å². The average Bonchev–Trinajstić information content (AvgIpc) is 2.60. The Bertz CT molecular complexity index is 876. The zero-order valence-corrected chi connectivity index (χ0v) is 13.0. The van der Waals surface area contributed by atoms with Crippen molar-refractivity contribution in [3.8, 4) is 0 Å². The summed E-state index contributed by atoms with van der Waals surface area (Å²) < 4.78 is 0. The Morgan fingerprint density at radius 3 is 1.36 bits per heavy atom. The predicted molar refractivity (Wildman–Crippen MR) is 98.7 cm³/mol. The molecule has 0 saturated carbocycles. The molecule has 0 radical (unpaired) electrons. The lowest BCUT2D eigenvalue weighted by Crippen LogP contribution is -1.93. The van der Waals surface area contributed by atoms with Crippen LogP contribution in [0.3, 0.4) is 0 Å². The summed E-state index contributed by atoms with van der Waals surface area (Å²) in [5, 5.41) is 5.16. The van der Waals surface area contributed by atoms with Crippen LogP contribution in [0, 0.1) is 0 Å². The average molecular weight is 300 g/mol. The van der Waals surface area contributed by atoms with Crippen molar-refractivity contribution in [2.75, 3.05) is 0 Å². The van der Waals surface area contributed by atoms with Gasteiger partial charge in [-0.3, -0.25) is 0 Å². The summed E-state index contributed by atoms with van der Waals surface area (Å²) in [6.45, 7) is 0. The van der Waals surface area contributed by atoms with Crippen molar-refractivity contribution in [2.45, 2.75) is 5.25 Å². The minimum absolute atomic E-state index is 0.0919. The van der Waals surface area contributed by atoms with E-state index in [2.05, 4.69) is 84.9 Å². The third kappa shape index (κ3) is 2.38. The number of rotatable bonds is 2. The van der Waals surface area contributed by atoms with E-state index in [4.69, 9.17) is 12.6 Å². The van der Waals surface area contributed by atoms with Crippen LogP contribution in [0.25, 0.3) is 21.5 Å². The van der Waals surface area contributed by atoms with Crippen LogP contribution in [-0.4, -0.2) is 0 Å². The molecule has 22 heavy (non-hydrogen) atoms. The number of hydrogen-bond donors (Lipinski definition) is 1. The number of fused-ring (bicyclic) bond motifs is 2. The second-order valence-electron chi connectivity index (χ2n) is 5.62. The second-order valence-corrected chi connectivity index (χ2v) is 6.13. The van der Waals surface area contributed by atoms with Gasteiger partial charge in [-0.15, -0.1) is 0 Å². The Kier molecular flexibility index (Phi) is 3.36. The highest BCUT2D eigenvalue weighted by Gasteiger charge is 2.10. The second kappa shape index (κ2) is 5.51. The molecule has 0 bridgehead atoms. The molecule has 4 aromatic carbocycles. The van der Waals surface area contributed by atoms with Gasteiger partial charge in [0, 0.05) is 0 Å². The molecule has 4 aromatic rings. The van der Waals surface area contributed by atoms with Gasteiger partial charge in [0.1, 0.15) is 0 Å². The lowest BCUT2D eigenvalue weighted by molar-refractivity contribution is 1.18. The fourth-order valence-electron chi connectivity index (χ4n) is 2.95. The van der Waals surface area contributed by atoms with Gasteiger partial charge in [0.25, 0.3) is 0 Å². The first kappa shape index (κ1) is 13.4. The first-order valence-electron chi connectivity index (χ1n) is 7.47. The third-order valence-corrected chi connectivity index (χ3v) is 4.77. The van der Waals surface area contributed by atoms with Crippen LogP contribution in [-0.2, 0) is 0 Å². The van der Waals surface area contributed by atoms with E-state index in [1.54, 1.807) is 0 Å². The van der Waals surface area contributed by atoms with Crippen molar-refractivity contribution < 1.29 is 0 Å². The van der Waals surface area contributed by atoms with Crippen molar-refractivity contribution in [3.05, 3.63) is 96.1 Å². The smallest absolute Gasteiger partial charge is 0.0516 e. The molecule has 0 amide bonds. The largest absolute Gasteiger partial charge is 0.166 e. The molecule has 0 aromatic heterocycles. The van der Waals surface area contributed by atoms with E-state index in [1.807, 2.05) is 0 Å². The summed E-state index contributed by atoms with van der Waals surface area (Å²) in [4.78, 5) is 0. The maximum Gasteiger partial charge on any atom is 0.0516 e. The van der Waals surface area contributed by atoms with Gasteiger partial charge in [-0.25, -0.2) is 0 Å². The van der Waals surface area contributed by atoms with Crippen molar-refractivity contribution in [1.29, 1.82) is 0 Å². The van der Waals surface area contributed by atoms with Gasteiger partial charge < -0.3 is 0 Å². The first-order chi connectivity index (χ1) is 10.8. The Labute approximate surface area is 135 Å². The van der Waals surface area contributed by atoms with Crippen molar-refractivity contribution in [2.24, 2.45) is 0 Å². The molecule has 4 rings (SSSR count). The number of benzene rings is 4. The van der Waals surface area contributed by atoms with Crippen molar-refractivity contribution in [1.82, 2.24) is 0 Å². The Hall–Kier alpha value is -2.25. The van der Waals surface area contributed by atoms with Gasteiger partial charge in [-0.2, -0.15) is 12.6 Å². The molecular weight excluding hydrogens is 284 g/mol. The molecule has 0 fully saturated rings. The minimum Gasteiger partial charge on any atom is -0.166 e. The standard InChI is InChI=1S/C21H16S/c22-21(19-11-9-15-5-1-3-7-17(15)13-19)20-12-10-16-6-2-4-8-18(16)14-20/h1-14,21-22H. The maximum absolute atomic E-state index is 4.86. The molecule has 0 heterocycles. The SMILES string of the molecule is SC(c1ccc2ccccc2c1)c1ccc2ccccc2c1. The van der Waals surface area contributed by atoms with Gasteiger partial charge >= 0.3 is 0 Å². The predicted octanol–water partition coefficient (Wildman–Crippen LogP) is 6.01. The normalized spacial score (nSPS) is 11.4. The van der Waals surface area contributed by atoms with Crippen LogP contribution in [0.4, 0.5) is 0 Å². The van der Waals surface area contributed by atoms with E-state index in [9.17, 15) is 0 Å². The molecule has 0 aliphatic rings. The highest BCUT2D eigenvalue weighted by molar-refractivity contribution is 7.80. The van der Waals surface area contributed by atoms with Crippen molar-refractivity contribution >= 4 is 34.2 Å². The Morgan fingerprint density at radius 2 is 0.909 bits per heavy atom. The van der Waals surface area contributed by atoms with Crippen molar-refractivity contribution in [3.63, 3.8) is 0 Å². The topological polar surface area (TPSA) is 0 Å². The third-order valence-electron chi connectivity index (χ3n) is 4.18. The molecular formula is C21H16S. The fourth-order valence-corrected chi connectivity index (χ4v) is 3.27. The molecule has 0 aliphatic heterocycles. The summed E-state index contributed by atoms with van der Waals surface area (Å²) in [7, 11) is 0. The summed E-state index contributed by atoms with van der Waals surface area (Å²) in [6, 6.07) is 30.1. The van der Waals surface area contributed by atoms with E-state index >= 15 is 0 Å². The van der Waals surface area contributed by atoms with Crippen LogP contribution in [0.1, 0.15) is 16.4 Å². The molecule has 0 saturated heterocycles. The Morgan fingerprint density at radius 1 is 0.500 bits per heavy atom. The van der Waals surface area contributed by atoms with Gasteiger partial charge in [0.15, 0.2) is 0 Å². The van der Waals surface area contributed by atoms with Gasteiger partial charge in [0.05, 0.1) is 5.25 Å². The van der Waals surface area contributed by atoms with E-state index < -0.39 is 0 Å². The molecule has 0 nitrogen and oxygen atoms in total. The lowest BCUT2D eigenvalue weighted by atomic mass is 9.98. The van der Waals surface area contributed by atoms with E-state index in [1.165, 1.54) is 32.7 Å². The van der Waals surface area contributed by atoms with Crippen LogP contribution < -0.4 is 0 Å². The van der Waals surface area contributed by atoms with Gasteiger partial charge in [0.2, 0.25) is 0 Å². The number of hydrogen-bond acceptors (Lipinski definition) is 1. The molecule has 0 aliphatic carbocycles. The zero-order chi connectivity index (χ0) is 14.9. The zero-order valence-electron chi connectivity index (χ0n) is 12.1. The lowest BCUT2D eigenvalue weighted by Gasteiger charge is -2.13. The summed E-state index contributed by atoms with van der Waals surface area (Å²) in [6.07, 6.45) is 0. The molecule has 0 atom stereocenters. The first-order valence-corrected chi connectivity index (χ1v) is 7.98. The molecule has 1 heteroatoms. The van der Waals surface area contributed by atoms with Gasteiger partial charge in [-0.1, -0.05) is 72.8 Å². The number of thiol groups is 1. The van der Waals surface area contributed by atoms with Crippen LogP contribution in [0.2, 0.25) is 0 Å². The molecule has 106 valence electrons.